The Morgan fingerprint density at radius 2 is 2.00 bits per heavy atom. The zero-order valence-electron chi connectivity index (χ0n) is 15.7. The Bertz CT molecular complexity index is 796. The molecule has 0 radical (unpaired) electrons. The van der Waals surface area contributed by atoms with Crippen LogP contribution in [0.15, 0.2) is 21.5 Å². The zero-order chi connectivity index (χ0) is 20.7. The summed E-state index contributed by atoms with van der Waals surface area (Å²) >= 11 is 4.26. The van der Waals surface area contributed by atoms with Gasteiger partial charge in [0.05, 0.1) is 36.2 Å². The number of benzene rings is 1. The summed E-state index contributed by atoms with van der Waals surface area (Å²) in [5.41, 5.74) is 0.637. The van der Waals surface area contributed by atoms with Crippen molar-refractivity contribution in [3.05, 3.63) is 27.1 Å². The molecule has 2 rings (SSSR count). The van der Waals surface area contributed by atoms with Gasteiger partial charge in [0, 0.05) is 7.11 Å². The molecule has 0 N–H and O–H groups in total. The third kappa shape index (κ3) is 5.49. The summed E-state index contributed by atoms with van der Waals surface area (Å²) in [4.78, 5) is 37.3. The van der Waals surface area contributed by atoms with Crippen LogP contribution in [-0.2, 0) is 19.1 Å². The molecule has 1 aromatic rings. The third-order valence-corrected chi connectivity index (χ3v) is 5.08. The average molecular weight is 474 g/mol. The summed E-state index contributed by atoms with van der Waals surface area (Å²) in [5.74, 6) is -0.154. The van der Waals surface area contributed by atoms with Crippen molar-refractivity contribution in [3.63, 3.8) is 0 Å². The molecular formula is C18H20BrNO7S. The Labute approximate surface area is 175 Å². The van der Waals surface area contributed by atoms with Crippen molar-refractivity contribution in [2.24, 2.45) is 0 Å². The van der Waals surface area contributed by atoms with Crippen molar-refractivity contribution in [1.29, 1.82) is 0 Å². The second-order valence-electron chi connectivity index (χ2n) is 5.45. The van der Waals surface area contributed by atoms with Gasteiger partial charge in [0.25, 0.3) is 11.1 Å². The van der Waals surface area contributed by atoms with E-state index >= 15 is 0 Å². The largest absolute Gasteiger partial charge is 0.490 e. The van der Waals surface area contributed by atoms with Crippen molar-refractivity contribution >= 4 is 50.9 Å². The van der Waals surface area contributed by atoms with Crippen LogP contribution >= 0.6 is 27.7 Å². The molecule has 1 fully saturated rings. The van der Waals surface area contributed by atoms with Crippen LogP contribution in [0.3, 0.4) is 0 Å². The molecule has 152 valence electrons. The van der Waals surface area contributed by atoms with Gasteiger partial charge in [-0.05, 0) is 58.4 Å². The molecule has 0 atom stereocenters. The van der Waals surface area contributed by atoms with Gasteiger partial charge in [0.2, 0.25) is 0 Å². The third-order valence-electron chi connectivity index (χ3n) is 3.58. The molecule has 0 bridgehead atoms. The minimum Gasteiger partial charge on any atom is -0.490 e. The molecule has 0 unspecified atom stereocenters. The Hall–Kier alpha value is -2.04. The van der Waals surface area contributed by atoms with Crippen LogP contribution in [0.25, 0.3) is 6.08 Å². The van der Waals surface area contributed by atoms with E-state index in [2.05, 4.69) is 20.7 Å². The lowest BCUT2D eigenvalue weighted by atomic mass is 10.2. The molecule has 1 aliphatic rings. The summed E-state index contributed by atoms with van der Waals surface area (Å²) in [5, 5.41) is -0.338. The fourth-order valence-electron chi connectivity index (χ4n) is 2.29. The molecule has 8 nitrogen and oxygen atoms in total. The van der Waals surface area contributed by atoms with E-state index in [1.54, 1.807) is 18.2 Å². The molecule has 0 aliphatic carbocycles. The van der Waals surface area contributed by atoms with E-state index in [9.17, 15) is 14.4 Å². The van der Waals surface area contributed by atoms with E-state index in [0.717, 1.165) is 16.7 Å². The van der Waals surface area contributed by atoms with E-state index in [1.807, 2.05) is 6.92 Å². The molecule has 1 saturated heterocycles. The fourth-order valence-corrected chi connectivity index (χ4v) is 3.73. The number of nitrogens with zero attached hydrogens (tertiary/aromatic N) is 1. The highest BCUT2D eigenvalue weighted by Crippen LogP contribution is 2.39. The minimum absolute atomic E-state index is 0.201. The van der Waals surface area contributed by atoms with E-state index < -0.39 is 5.97 Å². The highest BCUT2D eigenvalue weighted by atomic mass is 79.9. The topological polar surface area (TPSA) is 91.4 Å². The summed E-state index contributed by atoms with van der Waals surface area (Å²) in [6.45, 7) is 2.39. The Balaban J connectivity index is 2.28. The minimum atomic E-state index is -0.525. The second kappa shape index (κ2) is 10.5. The van der Waals surface area contributed by atoms with Crippen LogP contribution in [0.1, 0.15) is 12.5 Å². The lowest BCUT2D eigenvalue weighted by Crippen LogP contribution is -2.31. The first-order valence-electron chi connectivity index (χ1n) is 8.31. The normalized spacial score (nSPS) is 15.3. The smallest absolute Gasteiger partial charge is 0.343 e. The standard InChI is InChI=1S/C18H20BrNO7S/c1-4-26-13-8-11(7-12(19)16(13)27-10-15(21)25-3)9-14-17(22)20(5-6-24-2)18(23)28-14/h7-9H,4-6,10H2,1-3H3/b14-9+. The maximum atomic E-state index is 12.4. The highest BCUT2D eigenvalue weighted by Gasteiger charge is 2.34. The Morgan fingerprint density at radius 1 is 1.25 bits per heavy atom. The number of esters is 1. The molecule has 0 aromatic heterocycles. The second-order valence-corrected chi connectivity index (χ2v) is 7.30. The maximum Gasteiger partial charge on any atom is 0.343 e. The number of hydrogen-bond acceptors (Lipinski definition) is 8. The van der Waals surface area contributed by atoms with Crippen molar-refractivity contribution in [3.8, 4) is 11.5 Å². The van der Waals surface area contributed by atoms with Crippen LogP contribution in [0.5, 0.6) is 11.5 Å². The lowest BCUT2D eigenvalue weighted by molar-refractivity contribution is -0.143. The first-order valence-corrected chi connectivity index (χ1v) is 9.92. The van der Waals surface area contributed by atoms with Gasteiger partial charge in [-0.1, -0.05) is 0 Å². The van der Waals surface area contributed by atoms with Gasteiger partial charge in [-0.15, -0.1) is 0 Å². The quantitative estimate of drug-likeness (QED) is 0.399. The molecule has 0 saturated carbocycles. The number of ether oxygens (including phenoxy) is 4. The summed E-state index contributed by atoms with van der Waals surface area (Å²) < 4.78 is 21.1. The van der Waals surface area contributed by atoms with Crippen molar-refractivity contribution < 1.29 is 33.3 Å². The first kappa shape index (κ1) is 22.3. The van der Waals surface area contributed by atoms with E-state index in [4.69, 9.17) is 14.2 Å². The van der Waals surface area contributed by atoms with Crippen LogP contribution in [0.4, 0.5) is 4.79 Å². The van der Waals surface area contributed by atoms with Gasteiger partial charge in [0.15, 0.2) is 18.1 Å². The van der Waals surface area contributed by atoms with Gasteiger partial charge >= 0.3 is 5.97 Å². The van der Waals surface area contributed by atoms with Crippen LogP contribution in [0, 0.1) is 0 Å². The summed E-state index contributed by atoms with van der Waals surface area (Å²) in [6, 6.07) is 3.38. The van der Waals surface area contributed by atoms with Crippen LogP contribution < -0.4 is 9.47 Å². The average Bonchev–Trinajstić information content (AvgIpc) is 2.92. The first-order chi connectivity index (χ1) is 13.4. The molecule has 0 spiro atoms. The SMILES string of the molecule is CCOc1cc(/C=C2/SC(=O)N(CCOC)C2=O)cc(Br)c1OCC(=O)OC. The molecular weight excluding hydrogens is 454 g/mol. The lowest BCUT2D eigenvalue weighted by Gasteiger charge is -2.14. The Morgan fingerprint density at radius 3 is 2.64 bits per heavy atom. The number of carbonyl (C=O) groups is 3. The monoisotopic (exact) mass is 473 g/mol. The molecule has 1 heterocycles. The number of carbonyl (C=O) groups excluding carboxylic acids is 3. The van der Waals surface area contributed by atoms with Crippen LogP contribution in [0.2, 0.25) is 0 Å². The molecule has 1 aliphatic heterocycles. The van der Waals surface area contributed by atoms with Gasteiger partial charge in [0.1, 0.15) is 0 Å². The molecule has 1 aromatic carbocycles. The zero-order valence-corrected chi connectivity index (χ0v) is 18.1. The number of methoxy groups -OCH3 is 2. The number of hydrogen-bond donors (Lipinski definition) is 0. The number of halogens is 1. The van der Waals surface area contributed by atoms with Gasteiger partial charge < -0.3 is 18.9 Å². The summed E-state index contributed by atoms with van der Waals surface area (Å²) in [7, 11) is 2.78. The predicted molar refractivity (Wildman–Crippen MR) is 107 cm³/mol. The number of amides is 2. The molecule has 10 heteroatoms. The number of rotatable bonds is 9. The fraction of sp³-hybridized carbons (Fsp3) is 0.389. The van der Waals surface area contributed by atoms with E-state index in [1.165, 1.54) is 14.2 Å². The number of thioether (sulfide) groups is 1. The molecule has 28 heavy (non-hydrogen) atoms. The van der Waals surface area contributed by atoms with Gasteiger partial charge in [-0.3, -0.25) is 14.5 Å². The Kier molecular flexibility index (Phi) is 8.34. The van der Waals surface area contributed by atoms with E-state index in [0.29, 0.717) is 33.0 Å². The van der Waals surface area contributed by atoms with E-state index in [-0.39, 0.29) is 30.9 Å². The molecule has 2 amide bonds. The number of imide groups is 1. The summed E-state index contributed by atoms with van der Waals surface area (Å²) in [6.07, 6.45) is 1.61. The van der Waals surface area contributed by atoms with Crippen LogP contribution in [-0.4, -0.2) is 62.6 Å². The maximum absolute atomic E-state index is 12.4. The highest BCUT2D eigenvalue weighted by molar-refractivity contribution is 9.10. The van der Waals surface area contributed by atoms with Gasteiger partial charge in [-0.2, -0.15) is 0 Å². The van der Waals surface area contributed by atoms with Crippen molar-refractivity contribution in [2.75, 3.05) is 40.6 Å². The van der Waals surface area contributed by atoms with Gasteiger partial charge in [-0.25, -0.2) is 4.79 Å². The van der Waals surface area contributed by atoms with Crippen molar-refractivity contribution in [1.82, 2.24) is 4.90 Å². The van der Waals surface area contributed by atoms with Crippen molar-refractivity contribution in [2.45, 2.75) is 6.92 Å². The predicted octanol–water partition coefficient (Wildman–Crippen LogP) is 3.08.